The second kappa shape index (κ2) is 4.35. The Kier molecular flexibility index (Phi) is 3.55. The van der Waals surface area contributed by atoms with Crippen LogP contribution < -0.4 is 5.32 Å². The maximum absolute atomic E-state index is 10.9. The molecule has 0 aromatic heterocycles. The minimum Gasteiger partial charge on any atom is -0.316 e. The Balaban J connectivity index is 3.03. The summed E-state index contributed by atoms with van der Waals surface area (Å²) >= 11 is 2.85. The number of nitrogens with one attached hydrogen (secondary N) is 1. The lowest BCUT2D eigenvalue weighted by atomic mass is 9.86. The van der Waals surface area contributed by atoms with Crippen molar-refractivity contribution in [2.75, 3.05) is 5.32 Å². The Hall–Kier alpha value is -0.830. The van der Waals surface area contributed by atoms with Gasteiger partial charge in [0.15, 0.2) is 0 Å². The smallest absolute Gasteiger partial charge is 0.291 e. The number of anilines is 1. The molecule has 2 nitrogen and oxygen atoms in total. The van der Waals surface area contributed by atoms with Gasteiger partial charge in [0, 0.05) is 21.6 Å². The highest BCUT2D eigenvalue weighted by Crippen LogP contribution is 2.26. The number of aryl methyl sites for hydroxylation is 1. The van der Waals surface area contributed by atoms with Gasteiger partial charge < -0.3 is 5.32 Å². The minimum absolute atomic E-state index is 0.141. The molecule has 0 aliphatic heterocycles. The number of rotatable bonds is 1. The van der Waals surface area contributed by atoms with E-state index in [1.54, 1.807) is 0 Å². The van der Waals surface area contributed by atoms with Gasteiger partial charge in [-0.05, 0) is 29.5 Å². The lowest BCUT2D eigenvalue weighted by molar-refractivity contribution is 0.270. The van der Waals surface area contributed by atoms with E-state index in [1.165, 1.54) is 5.56 Å². The third kappa shape index (κ3) is 3.34. The van der Waals surface area contributed by atoms with Crippen molar-refractivity contribution in [3.8, 4) is 0 Å². The average molecular weight is 270 g/mol. The second-order valence-electron chi connectivity index (χ2n) is 4.68. The lowest BCUT2D eigenvalue weighted by Gasteiger charge is -2.20. The molecule has 0 aliphatic carbocycles. The van der Waals surface area contributed by atoms with Crippen LogP contribution in [0.1, 0.15) is 31.9 Å². The fourth-order valence-corrected chi connectivity index (χ4v) is 1.59. The summed E-state index contributed by atoms with van der Waals surface area (Å²) in [6, 6.07) is 6.10. The van der Waals surface area contributed by atoms with Gasteiger partial charge in [0.1, 0.15) is 0 Å². The van der Waals surface area contributed by atoms with E-state index in [1.807, 2.05) is 19.1 Å². The summed E-state index contributed by atoms with van der Waals surface area (Å²) < 4.78 is 0. The van der Waals surface area contributed by atoms with Crippen molar-refractivity contribution in [1.29, 1.82) is 0 Å². The van der Waals surface area contributed by atoms with E-state index in [0.717, 1.165) is 11.3 Å². The highest BCUT2D eigenvalue weighted by atomic mass is 79.9. The van der Waals surface area contributed by atoms with Gasteiger partial charge in [-0.3, -0.25) is 4.79 Å². The molecule has 15 heavy (non-hydrogen) atoms. The minimum atomic E-state index is -0.214. The first-order valence-corrected chi connectivity index (χ1v) is 5.67. The summed E-state index contributed by atoms with van der Waals surface area (Å²) in [4.78, 5) is 10.6. The summed E-state index contributed by atoms with van der Waals surface area (Å²) in [6.07, 6.45) is 0. The van der Waals surface area contributed by atoms with Gasteiger partial charge in [-0.1, -0.05) is 32.9 Å². The number of halogens is 1. The van der Waals surface area contributed by atoms with Gasteiger partial charge >= 0.3 is 0 Å². The van der Waals surface area contributed by atoms with E-state index in [4.69, 9.17) is 0 Å². The van der Waals surface area contributed by atoms with Crippen molar-refractivity contribution in [2.24, 2.45) is 0 Å². The van der Waals surface area contributed by atoms with E-state index < -0.39 is 0 Å². The standard InChI is InChI=1S/C12H16BrNO/c1-8-7-9(12(2,3)4)5-6-10(8)14-11(13)15/h5-7H,1-4H3,(H,14,15). The maximum Gasteiger partial charge on any atom is 0.291 e. The molecule has 0 atom stereocenters. The zero-order chi connectivity index (χ0) is 11.6. The van der Waals surface area contributed by atoms with Crippen LogP contribution in [0.15, 0.2) is 18.2 Å². The molecular weight excluding hydrogens is 254 g/mol. The largest absolute Gasteiger partial charge is 0.316 e. The number of amides is 1. The predicted octanol–water partition coefficient (Wildman–Crippen LogP) is 4.22. The van der Waals surface area contributed by atoms with Crippen LogP contribution in [0.4, 0.5) is 10.5 Å². The molecule has 0 heterocycles. The molecule has 0 saturated heterocycles. The fourth-order valence-electron chi connectivity index (χ4n) is 1.38. The number of carbonyl (C=O) groups excluding carboxylic acids is 1. The normalized spacial score (nSPS) is 11.3. The van der Waals surface area contributed by atoms with Gasteiger partial charge in [0.05, 0.1) is 0 Å². The Labute approximate surface area is 99.2 Å². The van der Waals surface area contributed by atoms with Crippen molar-refractivity contribution >= 4 is 26.4 Å². The van der Waals surface area contributed by atoms with Crippen molar-refractivity contribution in [1.82, 2.24) is 0 Å². The molecule has 1 aromatic rings. The Morgan fingerprint density at radius 2 is 1.93 bits per heavy atom. The third-order valence-electron chi connectivity index (χ3n) is 2.33. The summed E-state index contributed by atoms with van der Waals surface area (Å²) in [5.74, 6) is 0. The van der Waals surface area contributed by atoms with Crippen molar-refractivity contribution in [3.05, 3.63) is 29.3 Å². The van der Waals surface area contributed by atoms with Crippen LogP contribution in [0.25, 0.3) is 0 Å². The van der Waals surface area contributed by atoms with Crippen LogP contribution in [0.2, 0.25) is 0 Å². The zero-order valence-electron chi connectivity index (χ0n) is 9.52. The van der Waals surface area contributed by atoms with Crippen LogP contribution in [0.3, 0.4) is 0 Å². The molecule has 3 heteroatoms. The van der Waals surface area contributed by atoms with Gasteiger partial charge in [-0.15, -0.1) is 0 Å². The van der Waals surface area contributed by atoms with E-state index in [9.17, 15) is 4.79 Å². The Morgan fingerprint density at radius 1 is 1.33 bits per heavy atom. The molecule has 1 aromatic carbocycles. The summed E-state index contributed by atoms with van der Waals surface area (Å²) in [6.45, 7) is 8.51. The molecular formula is C12H16BrNO. The van der Waals surface area contributed by atoms with Crippen LogP contribution in [-0.2, 0) is 5.41 Å². The number of carbonyl (C=O) groups is 1. The van der Waals surface area contributed by atoms with Gasteiger partial charge in [-0.25, -0.2) is 0 Å². The van der Waals surface area contributed by atoms with Crippen LogP contribution in [0, 0.1) is 6.92 Å². The van der Waals surface area contributed by atoms with Gasteiger partial charge in [0.2, 0.25) is 0 Å². The topological polar surface area (TPSA) is 29.1 Å². The predicted molar refractivity (Wildman–Crippen MR) is 67.8 cm³/mol. The molecule has 0 bridgehead atoms. The molecule has 1 N–H and O–H groups in total. The van der Waals surface area contributed by atoms with Crippen molar-refractivity contribution in [2.45, 2.75) is 33.1 Å². The molecule has 0 spiro atoms. The van der Waals surface area contributed by atoms with Crippen molar-refractivity contribution < 1.29 is 4.79 Å². The van der Waals surface area contributed by atoms with E-state index >= 15 is 0 Å². The van der Waals surface area contributed by atoms with E-state index in [0.29, 0.717) is 0 Å². The highest BCUT2D eigenvalue weighted by Gasteiger charge is 2.14. The highest BCUT2D eigenvalue weighted by molar-refractivity contribution is 9.18. The lowest BCUT2D eigenvalue weighted by Crippen LogP contribution is -2.12. The molecule has 1 amide bonds. The molecule has 0 saturated carbocycles. The first-order valence-electron chi connectivity index (χ1n) is 4.88. The van der Waals surface area contributed by atoms with Crippen LogP contribution >= 0.6 is 15.9 Å². The number of benzene rings is 1. The second-order valence-corrected chi connectivity index (χ2v) is 5.40. The fraction of sp³-hybridized carbons (Fsp3) is 0.417. The Bertz CT molecular complexity index is 380. The SMILES string of the molecule is Cc1cc(C(C)(C)C)ccc1NC(=O)Br. The summed E-state index contributed by atoms with van der Waals surface area (Å²) in [5.41, 5.74) is 3.34. The number of hydrogen-bond donors (Lipinski definition) is 1. The van der Waals surface area contributed by atoms with E-state index in [-0.39, 0.29) is 10.2 Å². The maximum atomic E-state index is 10.9. The first kappa shape index (κ1) is 12.2. The quantitative estimate of drug-likeness (QED) is 0.600. The van der Waals surface area contributed by atoms with Crippen molar-refractivity contribution in [3.63, 3.8) is 0 Å². The first-order chi connectivity index (χ1) is 6.80. The van der Waals surface area contributed by atoms with Gasteiger partial charge in [-0.2, -0.15) is 0 Å². The van der Waals surface area contributed by atoms with Crippen LogP contribution in [0.5, 0.6) is 0 Å². The molecule has 0 aliphatic rings. The average Bonchev–Trinajstić information content (AvgIpc) is 2.05. The Morgan fingerprint density at radius 3 is 2.33 bits per heavy atom. The monoisotopic (exact) mass is 269 g/mol. The van der Waals surface area contributed by atoms with Gasteiger partial charge in [0.25, 0.3) is 4.82 Å². The third-order valence-corrected chi connectivity index (χ3v) is 2.52. The summed E-state index contributed by atoms with van der Waals surface area (Å²) in [5, 5.41) is 2.73. The molecule has 0 radical (unpaired) electrons. The molecule has 0 fully saturated rings. The molecule has 1 rings (SSSR count). The number of hydrogen-bond acceptors (Lipinski definition) is 1. The van der Waals surface area contributed by atoms with E-state index in [2.05, 4.69) is 48.1 Å². The van der Waals surface area contributed by atoms with Crippen LogP contribution in [-0.4, -0.2) is 4.82 Å². The summed E-state index contributed by atoms with van der Waals surface area (Å²) in [7, 11) is 0. The molecule has 0 unspecified atom stereocenters. The zero-order valence-corrected chi connectivity index (χ0v) is 11.1. The molecule has 82 valence electrons.